The number of piperazine rings is 1. The number of para-hydroxylation sites is 1. The number of aromatic nitrogens is 4. The van der Waals surface area contributed by atoms with E-state index >= 15 is 0 Å². The van der Waals surface area contributed by atoms with Crippen molar-refractivity contribution in [3.05, 3.63) is 92.5 Å². The van der Waals surface area contributed by atoms with E-state index in [0.717, 1.165) is 71.9 Å². The van der Waals surface area contributed by atoms with Gasteiger partial charge in [-0.25, -0.2) is 4.98 Å². The zero-order valence-corrected chi connectivity index (χ0v) is 22.9. The van der Waals surface area contributed by atoms with Gasteiger partial charge in [0.25, 0.3) is 0 Å². The van der Waals surface area contributed by atoms with Gasteiger partial charge in [-0.05, 0) is 40.8 Å². The fourth-order valence-electron chi connectivity index (χ4n) is 5.44. The summed E-state index contributed by atoms with van der Waals surface area (Å²) < 4.78 is 1.42. The summed E-state index contributed by atoms with van der Waals surface area (Å²) >= 11 is 0. The van der Waals surface area contributed by atoms with Gasteiger partial charge in [0.15, 0.2) is 0 Å². The molecule has 0 spiro atoms. The Hall–Kier alpha value is -4.17. The van der Waals surface area contributed by atoms with Crippen LogP contribution in [0.1, 0.15) is 31.9 Å². The van der Waals surface area contributed by atoms with Crippen LogP contribution in [-0.2, 0) is 19.0 Å². The van der Waals surface area contributed by atoms with E-state index in [1.54, 1.807) is 7.05 Å². The van der Waals surface area contributed by atoms with E-state index in [4.69, 9.17) is 4.98 Å². The summed E-state index contributed by atoms with van der Waals surface area (Å²) in [5.41, 5.74) is 7.13. The van der Waals surface area contributed by atoms with E-state index in [1.165, 1.54) is 10.1 Å². The number of nitrogens with zero attached hydrogens (tertiary/aromatic N) is 4. The Balaban J connectivity index is 1.18. The van der Waals surface area contributed by atoms with Crippen molar-refractivity contribution in [3.8, 4) is 11.4 Å². The third-order valence-electron chi connectivity index (χ3n) is 7.81. The maximum Gasteiger partial charge on any atom is 0.316 e. The van der Waals surface area contributed by atoms with Crippen molar-refractivity contribution in [1.29, 1.82) is 0 Å². The number of imidazole rings is 1. The molecule has 1 saturated heterocycles. The lowest BCUT2D eigenvalue weighted by Crippen LogP contribution is -2.46. The molecule has 3 heterocycles. The van der Waals surface area contributed by atoms with E-state index in [0.29, 0.717) is 5.52 Å². The Morgan fingerprint density at radius 3 is 2.33 bits per heavy atom. The molecule has 1 aliphatic heterocycles. The standard InChI is InChI=1S/C31H34N6O2/c1-31(2,3)22-11-9-21(10-12-22)28-32-24-6-5-7-25(27(24)34-28)37-16-14-36(15-17-37)19-20-8-13-23-26(18-20)35(4)30(39)29(38)33-23/h5-13,18H,14-17,19H2,1-4H3,(H,32,34)(H,33,38). The number of benzene rings is 3. The van der Waals surface area contributed by atoms with Crippen molar-refractivity contribution in [3.63, 3.8) is 0 Å². The lowest BCUT2D eigenvalue weighted by molar-refractivity contribution is 0.250. The van der Waals surface area contributed by atoms with Crippen LogP contribution in [0.3, 0.4) is 0 Å². The predicted molar refractivity (Wildman–Crippen MR) is 158 cm³/mol. The topological polar surface area (TPSA) is 90.0 Å². The highest BCUT2D eigenvalue weighted by Gasteiger charge is 2.21. The first-order valence-corrected chi connectivity index (χ1v) is 13.5. The van der Waals surface area contributed by atoms with Gasteiger partial charge < -0.3 is 19.4 Å². The molecule has 39 heavy (non-hydrogen) atoms. The Labute approximate surface area is 226 Å². The molecular weight excluding hydrogens is 488 g/mol. The molecule has 0 radical (unpaired) electrons. The van der Waals surface area contributed by atoms with Gasteiger partial charge in [-0.1, -0.05) is 57.2 Å². The molecule has 2 aromatic heterocycles. The number of nitrogens with one attached hydrogen (secondary N) is 2. The summed E-state index contributed by atoms with van der Waals surface area (Å²) in [5.74, 6) is 0.892. The fraction of sp³-hybridized carbons (Fsp3) is 0.323. The van der Waals surface area contributed by atoms with Crippen molar-refractivity contribution in [2.24, 2.45) is 7.05 Å². The molecule has 200 valence electrons. The van der Waals surface area contributed by atoms with Gasteiger partial charge in [0.1, 0.15) is 11.3 Å². The van der Waals surface area contributed by atoms with Crippen LogP contribution in [0.5, 0.6) is 0 Å². The van der Waals surface area contributed by atoms with Crippen LogP contribution in [0.15, 0.2) is 70.3 Å². The first-order valence-electron chi connectivity index (χ1n) is 13.5. The third-order valence-corrected chi connectivity index (χ3v) is 7.81. The third kappa shape index (κ3) is 4.76. The van der Waals surface area contributed by atoms with Gasteiger partial charge in [0.2, 0.25) is 0 Å². The van der Waals surface area contributed by atoms with Gasteiger partial charge in [-0.2, -0.15) is 0 Å². The quantitative estimate of drug-likeness (QED) is 0.342. The molecule has 5 aromatic rings. The number of H-pyrrole nitrogens is 2. The number of rotatable bonds is 4. The molecule has 0 bridgehead atoms. The molecule has 1 aliphatic rings. The number of fused-ring (bicyclic) bond motifs is 2. The van der Waals surface area contributed by atoms with Crippen molar-refractivity contribution in [2.75, 3.05) is 31.1 Å². The Bertz CT molecular complexity index is 1780. The normalized spacial score (nSPS) is 14.9. The average molecular weight is 523 g/mol. The van der Waals surface area contributed by atoms with Crippen molar-refractivity contribution >= 4 is 27.8 Å². The SMILES string of the molecule is Cn1c(=O)c(=O)[nH]c2ccc(CN3CCN(c4cccc5[nH]c(-c6ccc(C(C)(C)C)cc6)nc45)CC3)cc21. The van der Waals surface area contributed by atoms with E-state index in [-0.39, 0.29) is 5.41 Å². The van der Waals surface area contributed by atoms with Crippen molar-refractivity contribution < 1.29 is 0 Å². The predicted octanol–water partition coefficient (Wildman–Crippen LogP) is 4.39. The molecule has 0 aliphatic carbocycles. The second kappa shape index (κ2) is 9.54. The Morgan fingerprint density at radius 2 is 1.62 bits per heavy atom. The molecule has 1 fully saturated rings. The van der Waals surface area contributed by atoms with Crippen LogP contribution < -0.4 is 16.0 Å². The van der Waals surface area contributed by atoms with E-state index in [9.17, 15) is 9.59 Å². The second-order valence-corrected chi connectivity index (χ2v) is 11.5. The lowest BCUT2D eigenvalue weighted by Gasteiger charge is -2.36. The number of aryl methyl sites for hydroxylation is 1. The van der Waals surface area contributed by atoms with Crippen LogP contribution in [0.25, 0.3) is 33.5 Å². The second-order valence-electron chi connectivity index (χ2n) is 11.5. The van der Waals surface area contributed by atoms with Gasteiger partial charge >= 0.3 is 11.1 Å². The highest BCUT2D eigenvalue weighted by Crippen LogP contribution is 2.30. The van der Waals surface area contributed by atoms with Crippen molar-refractivity contribution in [1.82, 2.24) is 24.4 Å². The highest BCUT2D eigenvalue weighted by molar-refractivity contribution is 5.91. The summed E-state index contributed by atoms with van der Waals surface area (Å²) in [4.78, 5) is 39.9. The number of anilines is 1. The molecular formula is C31H34N6O2. The zero-order chi connectivity index (χ0) is 27.3. The molecule has 8 nitrogen and oxygen atoms in total. The van der Waals surface area contributed by atoms with Gasteiger partial charge in [-0.15, -0.1) is 0 Å². The molecule has 0 atom stereocenters. The average Bonchev–Trinajstić information content (AvgIpc) is 3.37. The van der Waals surface area contributed by atoms with E-state index in [1.807, 2.05) is 18.2 Å². The Kier molecular flexibility index (Phi) is 6.14. The summed E-state index contributed by atoms with van der Waals surface area (Å²) in [6, 6.07) is 20.9. The largest absolute Gasteiger partial charge is 0.367 e. The summed E-state index contributed by atoms with van der Waals surface area (Å²) in [6.45, 7) is 11.1. The van der Waals surface area contributed by atoms with Gasteiger partial charge in [0.05, 0.1) is 22.2 Å². The Morgan fingerprint density at radius 1 is 0.872 bits per heavy atom. The minimum Gasteiger partial charge on any atom is -0.367 e. The number of hydrogen-bond donors (Lipinski definition) is 2. The van der Waals surface area contributed by atoms with E-state index < -0.39 is 11.1 Å². The smallest absolute Gasteiger partial charge is 0.316 e. The maximum absolute atomic E-state index is 12.1. The highest BCUT2D eigenvalue weighted by atomic mass is 16.2. The van der Waals surface area contributed by atoms with Crippen LogP contribution in [0.4, 0.5) is 5.69 Å². The monoisotopic (exact) mass is 522 g/mol. The van der Waals surface area contributed by atoms with E-state index in [2.05, 4.69) is 83.0 Å². The van der Waals surface area contributed by atoms with Crippen LogP contribution in [0.2, 0.25) is 0 Å². The van der Waals surface area contributed by atoms with Gasteiger partial charge in [0, 0.05) is 45.3 Å². The lowest BCUT2D eigenvalue weighted by atomic mass is 9.87. The van der Waals surface area contributed by atoms with Crippen LogP contribution >= 0.6 is 0 Å². The first kappa shape index (κ1) is 25.1. The first-order chi connectivity index (χ1) is 18.7. The maximum atomic E-state index is 12.1. The zero-order valence-electron chi connectivity index (χ0n) is 22.9. The molecule has 0 unspecified atom stereocenters. The summed E-state index contributed by atoms with van der Waals surface area (Å²) in [5, 5.41) is 0. The molecule has 6 rings (SSSR count). The summed E-state index contributed by atoms with van der Waals surface area (Å²) in [7, 11) is 1.64. The van der Waals surface area contributed by atoms with Gasteiger partial charge in [-0.3, -0.25) is 14.5 Å². The molecule has 0 amide bonds. The van der Waals surface area contributed by atoms with Crippen LogP contribution in [0, 0.1) is 0 Å². The molecule has 2 N–H and O–H groups in total. The minimum absolute atomic E-state index is 0.120. The van der Waals surface area contributed by atoms with Crippen LogP contribution in [-0.4, -0.2) is 50.6 Å². The van der Waals surface area contributed by atoms with Crippen molar-refractivity contribution in [2.45, 2.75) is 32.7 Å². The fourth-order valence-corrected chi connectivity index (χ4v) is 5.44. The minimum atomic E-state index is -0.591. The molecule has 3 aromatic carbocycles. The molecule has 8 heteroatoms. The number of hydrogen-bond acceptors (Lipinski definition) is 5. The summed E-state index contributed by atoms with van der Waals surface area (Å²) in [6.07, 6.45) is 0. The number of aromatic amines is 2. The molecule has 0 saturated carbocycles.